The molecule has 0 spiro atoms. The van der Waals surface area contributed by atoms with Gasteiger partial charge in [-0.25, -0.2) is 4.84 Å². The monoisotopic (exact) mass is 346 g/mol. The minimum absolute atomic E-state index is 0.863. The van der Waals surface area contributed by atoms with Gasteiger partial charge in [0.1, 0.15) is 0 Å². The van der Waals surface area contributed by atoms with Crippen LogP contribution in [0.15, 0.2) is 97.2 Å². The van der Waals surface area contributed by atoms with Gasteiger partial charge in [0.15, 0.2) is 0 Å². The van der Waals surface area contributed by atoms with Gasteiger partial charge < -0.3 is 0 Å². The third-order valence-electron chi connectivity index (χ3n) is 5.36. The van der Waals surface area contributed by atoms with Gasteiger partial charge in [-0.1, -0.05) is 54.6 Å². The molecule has 0 bridgehead atoms. The molecule has 2 heteroatoms. The number of rotatable bonds is 2. The Kier molecular flexibility index (Phi) is 2.91. The van der Waals surface area contributed by atoms with E-state index in [0.29, 0.717) is 0 Å². The molecule has 1 heterocycles. The fraction of sp³-hybridized carbons (Fsp3) is 0. The van der Waals surface area contributed by atoms with E-state index in [1.54, 1.807) is 0 Å². The van der Waals surface area contributed by atoms with Gasteiger partial charge in [0, 0.05) is 27.6 Å². The number of hydrogen-bond acceptors (Lipinski definition) is 1. The predicted molar refractivity (Wildman–Crippen MR) is 110 cm³/mol. The molecule has 5 aromatic carbocycles. The molecule has 6 aromatic rings. The van der Waals surface area contributed by atoms with Crippen molar-refractivity contribution in [2.24, 2.45) is 0 Å². The summed E-state index contributed by atoms with van der Waals surface area (Å²) < 4.78 is 1.85. The standard InChI is InChI=1S/C25H16NO/c1-2-9-22-17(5-1)8-4-16-26(22)27-23-15-13-20-11-10-18-6-3-7-19-12-14-21(23)25(20)24(18)19/h1-16H/q+1. The summed E-state index contributed by atoms with van der Waals surface area (Å²) >= 11 is 0. The first kappa shape index (κ1) is 14.5. The summed E-state index contributed by atoms with van der Waals surface area (Å²) in [5.74, 6) is 0.863. The Morgan fingerprint density at radius 3 is 2.07 bits per heavy atom. The lowest BCUT2D eigenvalue weighted by molar-refractivity contribution is -0.854. The Bertz CT molecular complexity index is 1430. The second kappa shape index (κ2) is 5.42. The summed E-state index contributed by atoms with van der Waals surface area (Å²) in [6.45, 7) is 0. The largest absolute Gasteiger partial charge is 0.265 e. The van der Waals surface area contributed by atoms with Crippen molar-refractivity contribution < 1.29 is 9.57 Å². The molecule has 0 saturated heterocycles. The van der Waals surface area contributed by atoms with E-state index in [2.05, 4.69) is 72.8 Å². The van der Waals surface area contributed by atoms with Gasteiger partial charge in [0.2, 0.25) is 11.9 Å². The van der Waals surface area contributed by atoms with Gasteiger partial charge >= 0.3 is 0 Å². The molecule has 0 radical (unpaired) electrons. The maximum atomic E-state index is 6.37. The van der Waals surface area contributed by atoms with E-state index in [9.17, 15) is 0 Å². The second-order valence-electron chi connectivity index (χ2n) is 6.90. The summed E-state index contributed by atoms with van der Waals surface area (Å²) in [6, 6.07) is 31.8. The lowest BCUT2D eigenvalue weighted by atomic mass is 9.94. The van der Waals surface area contributed by atoms with E-state index >= 15 is 0 Å². The molecule has 126 valence electrons. The summed E-state index contributed by atoms with van der Waals surface area (Å²) in [6.07, 6.45) is 1.96. The minimum Gasteiger partial charge on any atom is -0.230 e. The molecule has 0 aliphatic heterocycles. The Labute approximate surface area is 156 Å². The van der Waals surface area contributed by atoms with Crippen molar-refractivity contribution in [3.63, 3.8) is 0 Å². The van der Waals surface area contributed by atoms with Crippen molar-refractivity contribution in [1.29, 1.82) is 0 Å². The smallest absolute Gasteiger partial charge is 0.230 e. The molecular formula is C25H16NO+. The first-order valence-corrected chi connectivity index (χ1v) is 9.13. The van der Waals surface area contributed by atoms with E-state index in [1.807, 2.05) is 29.1 Å². The molecule has 0 fully saturated rings. The number of hydrogen-bond donors (Lipinski definition) is 0. The van der Waals surface area contributed by atoms with Crippen LogP contribution in [-0.4, -0.2) is 0 Å². The van der Waals surface area contributed by atoms with E-state index in [1.165, 1.54) is 26.9 Å². The van der Waals surface area contributed by atoms with Crippen LogP contribution in [0.5, 0.6) is 5.75 Å². The number of nitrogens with zero attached hydrogens (tertiary/aromatic N) is 1. The van der Waals surface area contributed by atoms with Gasteiger partial charge in [-0.05, 0) is 45.8 Å². The quantitative estimate of drug-likeness (QED) is 0.282. The highest BCUT2D eigenvalue weighted by Gasteiger charge is 2.16. The second-order valence-corrected chi connectivity index (χ2v) is 6.90. The van der Waals surface area contributed by atoms with Crippen LogP contribution in [0.25, 0.3) is 43.2 Å². The van der Waals surface area contributed by atoms with Crippen LogP contribution in [0.1, 0.15) is 0 Å². The Morgan fingerprint density at radius 2 is 1.19 bits per heavy atom. The third kappa shape index (κ3) is 2.10. The van der Waals surface area contributed by atoms with E-state index in [4.69, 9.17) is 4.84 Å². The zero-order valence-corrected chi connectivity index (χ0v) is 14.6. The van der Waals surface area contributed by atoms with Crippen LogP contribution in [0, 0.1) is 0 Å². The van der Waals surface area contributed by atoms with Crippen LogP contribution in [0.4, 0.5) is 0 Å². The van der Waals surface area contributed by atoms with Gasteiger partial charge in [-0.2, -0.15) is 0 Å². The number of aromatic nitrogens is 1. The molecule has 0 N–H and O–H groups in total. The molecule has 6 rings (SSSR count). The topological polar surface area (TPSA) is 13.1 Å². The highest BCUT2D eigenvalue weighted by molar-refractivity contribution is 6.24. The van der Waals surface area contributed by atoms with Crippen molar-refractivity contribution in [3.8, 4) is 5.75 Å². The average molecular weight is 346 g/mol. The molecule has 0 atom stereocenters. The van der Waals surface area contributed by atoms with Crippen molar-refractivity contribution >= 4 is 43.2 Å². The number of fused-ring (bicyclic) bond motifs is 1. The Morgan fingerprint density at radius 1 is 0.519 bits per heavy atom. The van der Waals surface area contributed by atoms with Crippen LogP contribution < -0.4 is 9.57 Å². The van der Waals surface area contributed by atoms with Crippen LogP contribution in [-0.2, 0) is 0 Å². The molecule has 2 nitrogen and oxygen atoms in total. The molecule has 1 aromatic heterocycles. The summed E-state index contributed by atoms with van der Waals surface area (Å²) in [4.78, 5) is 6.37. The number of benzene rings is 5. The van der Waals surface area contributed by atoms with Gasteiger partial charge in [-0.15, -0.1) is 0 Å². The molecule has 0 saturated carbocycles. The van der Waals surface area contributed by atoms with Crippen molar-refractivity contribution in [3.05, 3.63) is 97.2 Å². The molecule has 0 unspecified atom stereocenters. The van der Waals surface area contributed by atoms with Crippen molar-refractivity contribution in [2.75, 3.05) is 0 Å². The van der Waals surface area contributed by atoms with Crippen molar-refractivity contribution in [1.82, 2.24) is 0 Å². The van der Waals surface area contributed by atoms with Crippen molar-refractivity contribution in [2.45, 2.75) is 0 Å². The van der Waals surface area contributed by atoms with Crippen LogP contribution in [0.2, 0.25) is 0 Å². The summed E-state index contributed by atoms with van der Waals surface area (Å²) in [5.41, 5.74) is 1.05. The Hall–Kier alpha value is -3.65. The van der Waals surface area contributed by atoms with Crippen LogP contribution in [0.3, 0.4) is 0 Å². The first-order chi connectivity index (χ1) is 13.4. The maximum Gasteiger partial charge on any atom is 0.265 e. The fourth-order valence-corrected chi connectivity index (χ4v) is 4.11. The molecular weight excluding hydrogens is 330 g/mol. The molecule has 27 heavy (non-hydrogen) atoms. The summed E-state index contributed by atoms with van der Waals surface area (Å²) in [7, 11) is 0. The first-order valence-electron chi connectivity index (χ1n) is 9.13. The Balaban J connectivity index is 1.64. The average Bonchev–Trinajstić information content (AvgIpc) is 2.73. The van der Waals surface area contributed by atoms with Gasteiger partial charge in [0.25, 0.3) is 5.52 Å². The van der Waals surface area contributed by atoms with Gasteiger partial charge in [0.05, 0.1) is 5.39 Å². The molecule has 0 amide bonds. The van der Waals surface area contributed by atoms with Gasteiger partial charge in [-0.3, -0.25) is 0 Å². The fourth-order valence-electron chi connectivity index (χ4n) is 4.11. The highest BCUT2D eigenvalue weighted by atomic mass is 16.7. The number of para-hydroxylation sites is 1. The summed E-state index contributed by atoms with van der Waals surface area (Å²) in [5, 5.41) is 8.63. The highest BCUT2D eigenvalue weighted by Crippen LogP contribution is 2.38. The zero-order valence-electron chi connectivity index (χ0n) is 14.6. The SMILES string of the molecule is c1cc2ccc3ccc(O[n+]4cccc5ccccc54)c4ccc(c1)c2c34. The zero-order chi connectivity index (χ0) is 17.8. The minimum atomic E-state index is 0.863. The maximum absolute atomic E-state index is 6.37. The molecule has 0 aliphatic carbocycles. The third-order valence-corrected chi connectivity index (χ3v) is 5.36. The molecule has 0 aliphatic rings. The lowest BCUT2D eigenvalue weighted by Crippen LogP contribution is -2.39. The van der Waals surface area contributed by atoms with E-state index < -0.39 is 0 Å². The predicted octanol–water partition coefficient (Wildman–Crippen LogP) is 5.87. The van der Waals surface area contributed by atoms with E-state index in [0.717, 1.165) is 22.0 Å². The van der Waals surface area contributed by atoms with E-state index in [-0.39, 0.29) is 0 Å². The van der Waals surface area contributed by atoms with Crippen LogP contribution >= 0.6 is 0 Å². The lowest BCUT2D eigenvalue weighted by Gasteiger charge is -2.12. The number of pyridine rings is 1. The normalized spacial score (nSPS) is 11.7.